The van der Waals surface area contributed by atoms with E-state index in [4.69, 9.17) is 0 Å². The summed E-state index contributed by atoms with van der Waals surface area (Å²) in [5.74, 6) is -0.660. The Kier molecular flexibility index (Phi) is 4.40. The van der Waals surface area contributed by atoms with Gasteiger partial charge in [0.25, 0.3) is 0 Å². The minimum Gasteiger partial charge on any atom is -0.481 e. The molecule has 4 heteroatoms. The van der Waals surface area contributed by atoms with Crippen LogP contribution in [0, 0.1) is 12.3 Å². The van der Waals surface area contributed by atoms with Crippen LogP contribution in [0.1, 0.15) is 44.2 Å². The molecular weight excluding hydrogens is 240 g/mol. The van der Waals surface area contributed by atoms with Crippen LogP contribution in [-0.2, 0) is 4.79 Å². The number of aliphatic carboxylic acids is 1. The summed E-state index contributed by atoms with van der Waals surface area (Å²) in [6.07, 6.45) is 7.65. The average Bonchev–Trinajstić information content (AvgIpc) is 2.63. The molecule has 1 aromatic rings. The van der Waals surface area contributed by atoms with Crippen molar-refractivity contribution in [3.8, 4) is 0 Å². The minimum absolute atomic E-state index is 0.506. The number of rotatable bonds is 4. The number of anilines is 1. The molecule has 0 amide bonds. The molecule has 104 valence electrons. The summed E-state index contributed by atoms with van der Waals surface area (Å²) < 4.78 is 0. The van der Waals surface area contributed by atoms with Crippen LogP contribution in [0.2, 0.25) is 0 Å². The van der Waals surface area contributed by atoms with Gasteiger partial charge in [-0.05, 0) is 31.9 Å². The average molecular weight is 262 g/mol. The van der Waals surface area contributed by atoms with Gasteiger partial charge in [0.05, 0.1) is 5.41 Å². The van der Waals surface area contributed by atoms with E-state index in [-0.39, 0.29) is 0 Å². The summed E-state index contributed by atoms with van der Waals surface area (Å²) in [5.41, 5.74) is 1.29. The molecule has 0 aromatic carbocycles. The first-order chi connectivity index (χ1) is 9.12. The molecular formula is C15H22N2O2. The fraction of sp³-hybridized carbons (Fsp3) is 0.600. The van der Waals surface area contributed by atoms with Crippen molar-refractivity contribution in [1.82, 2.24) is 4.98 Å². The Bertz CT molecular complexity index is 438. The lowest BCUT2D eigenvalue weighted by Crippen LogP contribution is -2.37. The standard InChI is InChI=1S/C15H22N2O2/c1-12-10-13(6-9-16-12)17-11-15(14(18)19)7-4-2-3-5-8-15/h6,9-10H,2-5,7-8,11H2,1H3,(H,16,17)(H,18,19). The van der Waals surface area contributed by atoms with E-state index >= 15 is 0 Å². The SMILES string of the molecule is Cc1cc(NCC2(C(=O)O)CCCCCC2)ccn1. The molecule has 2 N–H and O–H groups in total. The smallest absolute Gasteiger partial charge is 0.311 e. The van der Waals surface area contributed by atoms with Crippen LogP contribution < -0.4 is 5.32 Å². The van der Waals surface area contributed by atoms with Gasteiger partial charge in [0.2, 0.25) is 0 Å². The fourth-order valence-electron chi connectivity index (χ4n) is 2.80. The van der Waals surface area contributed by atoms with E-state index in [1.54, 1.807) is 6.20 Å². The van der Waals surface area contributed by atoms with E-state index in [1.807, 2.05) is 19.1 Å². The number of pyridine rings is 1. The van der Waals surface area contributed by atoms with Crippen molar-refractivity contribution in [2.75, 3.05) is 11.9 Å². The third kappa shape index (κ3) is 3.46. The topological polar surface area (TPSA) is 62.2 Å². The van der Waals surface area contributed by atoms with E-state index < -0.39 is 11.4 Å². The maximum absolute atomic E-state index is 11.7. The highest BCUT2D eigenvalue weighted by Gasteiger charge is 2.38. The molecule has 4 nitrogen and oxygen atoms in total. The highest BCUT2D eigenvalue weighted by molar-refractivity contribution is 5.75. The lowest BCUT2D eigenvalue weighted by Gasteiger charge is -2.28. The number of hydrogen-bond donors (Lipinski definition) is 2. The molecule has 1 aliphatic carbocycles. The van der Waals surface area contributed by atoms with Crippen LogP contribution in [0.3, 0.4) is 0 Å². The van der Waals surface area contributed by atoms with Gasteiger partial charge in [0, 0.05) is 24.1 Å². The predicted molar refractivity (Wildman–Crippen MR) is 75.2 cm³/mol. The number of aromatic nitrogens is 1. The van der Waals surface area contributed by atoms with Gasteiger partial charge in [-0.3, -0.25) is 9.78 Å². The molecule has 2 rings (SSSR count). The van der Waals surface area contributed by atoms with Crippen molar-refractivity contribution in [3.63, 3.8) is 0 Å². The summed E-state index contributed by atoms with van der Waals surface area (Å²) in [4.78, 5) is 15.8. The van der Waals surface area contributed by atoms with Crippen LogP contribution in [0.5, 0.6) is 0 Å². The minimum atomic E-state index is -0.660. The van der Waals surface area contributed by atoms with Crippen LogP contribution in [0.25, 0.3) is 0 Å². The number of hydrogen-bond acceptors (Lipinski definition) is 3. The third-order valence-corrected chi connectivity index (χ3v) is 4.04. The van der Waals surface area contributed by atoms with Crippen LogP contribution in [0.4, 0.5) is 5.69 Å². The molecule has 1 heterocycles. The Morgan fingerprint density at radius 1 is 1.37 bits per heavy atom. The summed E-state index contributed by atoms with van der Waals surface area (Å²) >= 11 is 0. The molecule has 0 bridgehead atoms. The van der Waals surface area contributed by atoms with Crippen molar-refractivity contribution in [2.24, 2.45) is 5.41 Å². The number of nitrogens with one attached hydrogen (secondary N) is 1. The number of carboxylic acid groups (broad SMARTS) is 1. The second kappa shape index (κ2) is 6.04. The van der Waals surface area contributed by atoms with Crippen molar-refractivity contribution >= 4 is 11.7 Å². The van der Waals surface area contributed by atoms with E-state index in [2.05, 4.69) is 10.3 Å². The maximum atomic E-state index is 11.7. The zero-order valence-electron chi connectivity index (χ0n) is 11.5. The van der Waals surface area contributed by atoms with Gasteiger partial charge < -0.3 is 10.4 Å². The van der Waals surface area contributed by atoms with Crippen molar-refractivity contribution < 1.29 is 9.90 Å². The number of carboxylic acids is 1. The number of aryl methyl sites for hydroxylation is 1. The summed E-state index contributed by atoms with van der Waals surface area (Å²) in [6, 6.07) is 3.84. The summed E-state index contributed by atoms with van der Waals surface area (Å²) in [5, 5.41) is 12.9. The zero-order valence-corrected chi connectivity index (χ0v) is 11.5. The van der Waals surface area contributed by atoms with E-state index in [1.165, 1.54) is 0 Å². The van der Waals surface area contributed by atoms with Gasteiger partial charge >= 0.3 is 5.97 Å². The summed E-state index contributed by atoms with van der Waals surface area (Å²) in [6.45, 7) is 2.44. The molecule has 1 saturated carbocycles. The predicted octanol–water partition coefficient (Wildman–Crippen LogP) is 3.23. The number of nitrogens with zero attached hydrogens (tertiary/aromatic N) is 1. The second-order valence-electron chi connectivity index (χ2n) is 5.54. The Hall–Kier alpha value is -1.58. The van der Waals surface area contributed by atoms with Gasteiger partial charge in [-0.1, -0.05) is 25.7 Å². The van der Waals surface area contributed by atoms with Crippen molar-refractivity contribution in [3.05, 3.63) is 24.0 Å². The van der Waals surface area contributed by atoms with Crippen LogP contribution in [-0.4, -0.2) is 22.6 Å². The molecule has 19 heavy (non-hydrogen) atoms. The van der Waals surface area contributed by atoms with Crippen molar-refractivity contribution in [1.29, 1.82) is 0 Å². The van der Waals surface area contributed by atoms with Gasteiger partial charge in [0.1, 0.15) is 0 Å². The molecule has 1 aliphatic rings. The maximum Gasteiger partial charge on any atom is 0.311 e. The highest BCUT2D eigenvalue weighted by atomic mass is 16.4. The molecule has 0 unspecified atom stereocenters. The van der Waals surface area contributed by atoms with Gasteiger partial charge in [0.15, 0.2) is 0 Å². The highest BCUT2D eigenvalue weighted by Crippen LogP contribution is 2.35. The molecule has 0 spiro atoms. The lowest BCUT2D eigenvalue weighted by atomic mass is 9.80. The van der Waals surface area contributed by atoms with Gasteiger partial charge in [-0.15, -0.1) is 0 Å². The van der Waals surface area contributed by atoms with Crippen LogP contribution in [0.15, 0.2) is 18.3 Å². The molecule has 0 atom stereocenters. The van der Waals surface area contributed by atoms with E-state index in [9.17, 15) is 9.90 Å². The molecule has 1 fully saturated rings. The van der Waals surface area contributed by atoms with Crippen LogP contribution >= 0.6 is 0 Å². The largest absolute Gasteiger partial charge is 0.481 e. The van der Waals surface area contributed by atoms with Gasteiger partial charge in [-0.25, -0.2) is 0 Å². The lowest BCUT2D eigenvalue weighted by molar-refractivity contribution is -0.149. The Balaban J connectivity index is 2.06. The first kappa shape index (κ1) is 13.8. The second-order valence-corrected chi connectivity index (χ2v) is 5.54. The normalized spacial score (nSPS) is 18.6. The third-order valence-electron chi connectivity index (χ3n) is 4.04. The Morgan fingerprint density at radius 3 is 2.63 bits per heavy atom. The zero-order chi connectivity index (χ0) is 13.7. The molecule has 0 radical (unpaired) electrons. The monoisotopic (exact) mass is 262 g/mol. The number of carbonyl (C=O) groups is 1. The molecule has 0 aliphatic heterocycles. The van der Waals surface area contributed by atoms with Crippen molar-refractivity contribution in [2.45, 2.75) is 45.4 Å². The Labute approximate surface area is 114 Å². The van der Waals surface area contributed by atoms with Gasteiger partial charge in [-0.2, -0.15) is 0 Å². The summed E-state index contributed by atoms with van der Waals surface area (Å²) in [7, 11) is 0. The van der Waals surface area contributed by atoms with E-state index in [0.717, 1.165) is 49.9 Å². The quantitative estimate of drug-likeness (QED) is 0.818. The fourth-order valence-corrected chi connectivity index (χ4v) is 2.80. The molecule has 0 saturated heterocycles. The first-order valence-corrected chi connectivity index (χ1v) is 7.02. The molecule has 1 aromatic heterocycles. The Morgan fingerprint density at radius 2 is 2.05 bits per heavy atom. The first-order valence-electron chi connectivity index (χ1n) is 7.02. The van der Waals surface area contributed by atoms with E-state index in [0.29, 0.717) is 6.54 Å².